The molecule has 0 saturated carbocycles. The Balaban J connectivity index is 0.00000102. The second-order valence-corrected chi connectivity index (χ2v) is 3.79. The van der Waals surface area contributed by atoms with Crippen LogP contribution in [0.2, 0.25) is 0 Å². The molecule has 1 amide bonds. The Morgan fingerprint density at radius 2 is 1.77 bits per heavy atom. The maximum absolute atomic E-state index is 12.0. The summed E-state index contributed by atoms with van der Waals surface area (Å²) in [6.45, 7) is 13.5. The minimum atomic E-state index is -0.265. The molecule has 1 aromatic carbocycles. The number of hydroxylamine groups is 1. The first kappa shape index (κ1) is 19.7. The van der Waals surface area contributed by atoms with Crippen LogP contribution in [0.4, 0.5) is 5.69 Å². The molecule has 1 aliphatic heterocycles. The highest BCUT2D eigenvalue weighted by Crippen LogP contribution is 2.27. The van der Waals surface area contributed by atoms with E-state index in [0.29, 0.717) is 22.6 Å². The lowest BCUT2D eigenvalue weighted by molar-refractivity contribution is 0.0968. The number of carbonyl (C=O) groups excluding carboxylic acids is 1. The minimum Gasteiger partial charge on any atom is -0.320 e. The van der Waals surface area contributed by atoms with Crippen LogP contribution in [0.25, 0.3) is 0 Å². The SMILES string of the molecule is C=CC1=C(/C=C\C)N(O)c2ccccc2C(=O)N1.CC.CC. The highest BCUT2D eigenvalue weighted by atomic mass is 16.5. The number of carbonyl (C=O) groups is 1. The van der Waals surface area contributed by atoms with Crippen LogP contribution in [0.1, 0.15) is 45.0 Å². The smallest absolute Gasteiger partial charge is 0.257 e. The van der Waals surface area contributed by atoms with Crippen molar-refractivity contribution in [3.05, 3.63) is 66.0 Å². The molecule has 0 unspecified atom stereocenters. The molecule has 22 heavy (non-hydrogen) atoms. The molecular formula is C18H26N2O2. The molecule has 4 heteroatoms. The number of rotatable bonds is 2. The van der Waals surface area contributed by atoms with Crippen molar-refractivity contribution in [1.82, 2.24) is 5.32 Å². The summed E-state index contributed by atoms with van der Waals surface area (Å²) in [5.74, 6) is -0.265. The van der Waals surface area contributed by atoms with E-state index in [1.807, 2.05) is 34.6 Å². The molecule has 120 valence electrons. The molecule has 0 atom stereocenters. The van der Waals surface area contributed by atoms with Crippen LogP contribution in [0.15, 0.2) is 60.5 Å². The lowest BCUT2D eigenvalue weighted by atomic mass is 10.1. The molecule has 2 rings (SSSR count). The van der Waals surface area contributed by atoms with Crippen molar-refractivity contribution in [2.75, 3.05) is 5.06 Å². The summed E-state index contributed by atoms with van der Waals surface area (Å²) in [6.07, 6.45) is 4.99. The Labute approximate surface area is 133 Å². The number of hydrogen-bond acceptors (Lipinski definition) is 3. The molecular weight excluding hydrogens is 276 g/mol. The van der Waals surface area contributed by atoms with E-state index in [1.165, 1.54) is 6.08 Å². The number of amides is 1. The first-order valence-corrected chi connectivity index (χ1v) is 7.57. The molecule has 1 aromatic rings. The van der Waals surface area contributed by atoms with Gasteiger partial charge in [-0.05, 0) is 31.2 Å². The molecule has 0 bridgehead atoms. The van der Waals surface area contributed by atoms with Gasteiger partial charge in [0.15, 0.2) is 0 Å². The van der Waals surface area contributed by atoms with Crippen LogP contribution in [-0.4, -0.2) is 11.1 Å². The summed E-state index contributed by atoms with van der Waals surface area (Å²) in [6, 6.07) is 6.86. The third kappa shape index (κ3) is 4.33. The predicted molar refractivity (Wildman–Crippen MR) is 92.9 cm³/mol. The van der Waals surface area contributed by atoms with Crippen LogP contribution >= 0.6 is 0 Å². The summed E-state index contributed by atoms with van der Waals surface area (Å²) in [4.78, 5) is 12.0. The van der Waals surface area contributed by atoms with E-state index in [0.717, 1.165) is 5.06 Å². The van der Waals surface area contributed by atoms with Crippen molar-refractivity contribution < 1.29 is 10.0 Å². The fourth-order valence-corrected chi connectivity index (χ4v) is 1.82. The average Bonchev–Trinajstić information content (AvgIpc) is 2.69. The molecule has 0 radical (unpaired) electrons. The molecule has 0 fully saturated rings. The van der Waals surface area contributed by atoms with Crippen molar-refractivity contribution in [3.8, 4) is 0 Å². The zero-order valence-electron chi connectivity index (χ0n) is 14.1. The van der Waals surface area contributed by atoms with Crippen LogP contribution in [0, 0.1) is 0 Å². The highest BCUT2D eigenvalue weighted by Gasteiger charge is 2.23. The molecule has 2 N–H and O–H groups in total. The second-order valence-electron chi connectivity index (χ2n) is 3.79. The van der Waals surface area contributed by atoms with Gasteiger partial charge >= 0.3 is 0 Å². The number of hydrogen-bond donors (Lipinski definition) is 2. The number of anilines is 1. The number of allylic oxidation sites excluding steroid dienone is 3. The zero-order valence-corrected chi connectivity index (χ0v) is 14.1. The molecule has 1 heterocycles. The summed E-state index contributed by atoms with van der Waals surface area (Å²) < 4.78 is 0. The van der Waals surface area contributed by atoms with Crippen LogP contribution in [0.5, 0.6) is 0 Å². The normalized spacial score (nSPS) is 13.2. The van der Waals surface area contributed by atoms with E-state index >= 15 is 0 Å². The molecule has 1 aliphatic rings. The Kier molecular flexibility index (Phi) is 9.30. The quantitative estimate of drug-likeness (QED) is 0.836. The van der Waals surface area contributed by atoms with Crippen molar-refractivity contribution in [2.45, 2.75) is 34.6 Å². The van der Waals surface area contributed by atoms with Crippen molar-refractivity contribution >= 4 is 11.6 Å². The minimum absolute atomic E-state index is 0.265. The monoisotopic (exact) mass is 302 g/mol. The van der Waals surface area contributed by atoms with Crippen molar-refractivity contribution in [2.24, 2.45) is 0 Å². The van der Waals surface area contributed by atoms with Gasteiger partial charge in [0, 0.05) is 0 Å². The van der Waals surface area contributed by atoms with Gasteiger partial charge in [-0.15, -0.1) is 0 Å². The van der Waals surface area contributed by atoms with Gasteiger partial charge in [-0.2, -0.15) is 0 Å². The Morgan fingerprint density at radius 1 is 1.18 bits per heavy atom. The van der Waals surface area contributed by atoms with E-state index in [1.54, 1.807) is 36.4 Å². The number of fused-ring (bicyclic) bond motifs is 1. The Bertz CT molecular complexity index is 560. The fraction of sp³-hybridized carbons (Fsp3) is 0.278. The van der Waals surface area contributed by atoms with Crippen LogP contribution < -0.4 is 10.4 Å². The summed E-state index contributed by atoms with van der Waals surface area (Å²) >= 11 is 0. The molecule has 4 nitrogen and oxygen atoms in total. The maximum atomic E-state index is 12.0. The Hall–Kier alpha value is -2.33. The average molecular weight is 302 g/mol. The van der Waals surface area contributed by atoms with E-state index in [9.17, 15) is 10.0 Å². The zero-order chi connectivity index (χ0) is 17.1. The van der Waals surface area contributed by atoms with E-state index in [-0.39, 0.29) is 5.91 Å². The molecule has 0 aromatic heterocycles. The number of para-hydroxylation sites is 1. The standard InChI is InChI=1S/C14H14N2O2.2C2H6/c1-3-7-13-11(4-2)15-14(17)10-8-5-6-9-12(10)16(13)18;2*1-2/h3-9,18H,2H2,1H3,(H,15,17);2*1-2H3/b7-3-;;. The van der Waals surface area contributed by atoms with E-state index in [2.05, 4.69) is 11.9 Å². The van der Waals surface area contributed by atoms with Crippen molar-refractivity contribution in [1.29, 1.82) is 0 Å². The molecule has 0 aliphatic carbocycles. The molecule has 0 spiro atoms. The third-order valence-corrected chi connectivity index (χ3v) is 2.66. The predicted octanol–water partition coefficient (Wildman–Crippen LogP) is 4.65. The molecule has 0 saturated heterocycles. The van der Waals surface area contributed by atoms with Gasteiger partial charge in [-0.1, -0.05) is 52.5 Å². The van der Waals surface area contributed by atoms with Crippen LogP contribution in [-0.2, 0) is 0 Å². The first-order chi connectivity index (χ1) is 10.7. The largest absolute Gasteiger partial charge is 0.320 e. The van der Waals surface area contributed by atoms with Crippen LogP contribution in [0.3, 0.4) is 0 Å². The topological polar surface area (TPSA) is 52.6 Å². The summed E-state index contributed by atoms with van der Waals surface area (Å²) in [5.41, 5.74) is 1.81. The summed E-state index contributed by atoms with van der Waals surface area (Å²) in [7, 11) is 0. The first-order valence-electron chi connectivity index (χ1n) is 7.57. The third-order valence-electron chi connectivity index (χ3n) is 2.66. The van der Waals surface area contributed by atoms with Gasteiger partial charge in [0.05, 0.1) is 22.6 Å². The number of nitrogens with zero attached hydrogens (tertiary/aromatic N) is 1. The highest BCUT2D eigenvalue weighted by molar-refractivity contribution is 6.02. The Morgan fingerprint density at radius 3 is 2.32 bits per heavy atom. The lowest BCUT2D eigenvalue weighted by Gasteiger charge is -2.18. The van der Waals surface area contributed by atoms with Gasteiger partial charge in [0.1, 0.15) is 0 Å². The summed E-state index contributed by atoms with van der Waals surface area (Å²) in [5, 5.41) is 13.9. The van der Waals surface area contributed by atoms with E-state index < -0.39 is 0 Å². The van der Waals surface area contributed by atoms with Gasteiger partial charge in [-0.25, -0.2) is 5.06 Å². The number of nitrogens with one attached hydrogen (secondary N) is 1. The van der Waals surface area contributed by atoms with Gasteiger partial charge < -0.3 is 5.32 Å². The number of benzene rings is 1. The van der Waals surface area contributed by atoms with Crippen molar-refractivity contribution in [3.63, 3.8) is 0 Å². The van der Waals surface area contributed by atoms with Gasteiger partial charge in [-0.3, -0.25) is 10.0 Å². The lowest BCUT2D eigenvalue weighted by Crippen LogP contribution is -2.21. The van der Waals surface area contributed by atoms with Gasteiger partial charge in [0.2, 0.25) is 0 Å². The maximum Gasteiger partial charge on any atom is 0.257 e. The fourth-order valence-electron chi connectivity index (χ4n) is 1.82. The van der Waals surface area contributed by atoms with Gasteiger partial charge in [0.25, 0.3) is 5.91 Å². The van der Waals surface area contributed by atoms with E-state index in [4.69, 9.17) is 0 Å². The second kappa shape index (κ2) is 10.4.